The third-order valence-electron chi connectivity index (χ3n) is 13.6. The van der Waals surface area contributed by atoms with Gasteiger partial charge in [0.15, 0.2) is 17.4 Å². The van der Waals surface area contributed by atoms with Crippen LogP contribution in [0.25, 0.3) is 100.0 Å². The molecule has 0 spiro atoms. The SMILES string of the molecule is [2H]C([2H])([2H])n1[cH+]n(-c2[c-]c(N(c3[c-]c4c(cc3)c3ccccc3n4-c3cc(-c4c(-c5ccccc5)cccc4-c4ccccc4)ccn3)c3c(-c4ccccc4)cccc3-c3ccccc3)ccc2)c2ccccc21.[Pt]. The van der Waals surface area contributed by atoms with E-state index in [-0.39, 0.29) is 21.1 Å². The fraction of sp³-hybridized carbons (Fsp3) is 0.0149. The molecule has 0 N–H and O–H groups in total. The maximum Gasteiger partial charge on any atom is 0.188 e. The minimum atomic E-state index is -2.40. The van der Waals surface area contributed by atoms with Crippen molar-refractivity contribution in [2.75, 3.05) is 4.90 Å². The van der Waals surface area contributed by atoms with Gasteiger partial charge in [0, 0.05) is 72.8 Å². The molecule has 0 radical (unpaired) electrons. The van der Waals surface area contributed by atoms with Gasteiger partial charge in [-0.3, -0.25) is 0 Å². The molecule has 0 aliphatic carbocycles. The van der Waals surface area contributed by atoms with E-state index in [0.29, 0.717) is 11.2 Å². The molecule has 350 valence electrons. The second-order valence-electron chi connectivity index (χ2n) is 17.9. The van der Waals surface area contributed by atoms with Crippen LogP contribution in [-0.4, -0.2) is 18.7 Å². The van der Waals surface area contributed by atoms with Gasteiger partial charge in [-0.15, -0.1) is 29.7 Å². The average molecular weight is 1120 g/mol. The van der Waals surface area contributed by atoms with E-state index in [2.05, 4.69) is 222 Å². The Balaban J connectivity index is 0.00000582. The van der Waals surface area contributed by atoms with Crippen LogP contribution >= 0.6 is 0 Å². The van der Waals surface area contributed by atoms with Gasteiger partial charge in [0.25, 0.3) is 0 Å². The predicted octanol–water partition coefficient (Wildman–Crippen LogP) is 17.1. The minimum absolute atomic E-state index is 0. The Kier molecular flexibility index (Phi) is 11.1. The first-order valence-electron chi connectivity index (χ1n) is 25.6. The van der Waals surface area contributed by atoms with Crippen molar-refractivity contribution in [2.45, 2.75) is 0 Å². The molecule has 3 aromatic heterocycles. The topological polar surface area (TPSA) is 30.9 Å². The Morgan fingerprint density at radius 2 is 0.973 bits per heavy atom. The summed E-state index contributed by atoms with van der Waals surface area (Å²) >= 11 is 0. The summed E-state index contributed by atoms with van der Waals surface area (Å²) < 4.78 is 30.9. The van der Waals surface area contributed by atoms with E-state index in [4.69, 9.17) is 9.10 Å². The van der Waals surface area contributed by atoms with Crippen LogP contribution < -0.4 is 4.90 Å². The molecule has 13 aromatic rings. The molecular formula is C67H46N5Pt-. The Morgan fingerprint density at radius 3 is 1.59 bits per heavy atom. The molecule has 0 amide bonds. The van der Waals surface area contributed by atoms with Crippen LogP contribution in [0.1, 0.15) is 4.11 Å². The summed E-state index contributed by atoms with van der Waals surface area (Å²) in [5.41, 5.74) is 17.1. The van der Waals surface area contributed by atoms with Crippen molar-refractivity contribution in [3.8, 4) is 67.1 Å². The molecule has 13 rings (SSSR count). The molecule has 0 bridgehead atoms. The molecule has 0 fully saturated rings. The zero-order valence-electron chi connectivity index (χ0n) is 42.4. The van der Waals surface area contributed by atoms with Crippen LogP contribution in [0.5, 0.6) is 0 Å². The van der Waals surface area contributed by atoms with Gasteiger partial charge in [0.05, 0.1) is 5.69 Å². The van der Waals surface area contributed by atoms with Crippen molar-refractivity contribution in [3.63, 3.8) is 0 Å². The summed E-state index contributed by atoms with van der Waals surface area (Å²) in [5.74, 6) is 0.755. The Bertz CT molecular complexity index is 4120. The van der Waals surface area contributed by atoms with Crippen molar-refractivity contribution in [1.82, 2.24) is 18.7 Å². The van der Waals surface area contributed by atoms with Gasteiger partial charge in [0.1, 0.15) is 5.82 Å². The van der Waals surface area contributed by atoms with Gasteiger partial charge >= 0.3 is 0 Å². The van der Waals surface area contributed by atoms with E-state index >= 15 is 0 Å². The van der Waals surface area contributed by atoms with Crippen LogP contribution in [0, 0.1) is 12.1 Å². The Labute approximate surface area is 443 Å². The fourth-order valence-electron chi connectivity index (χ4n) is 10.4. The zero-order valence-corrected chi connectivity index (χ0v) is 41.7. The molecule has 0 saturated heterocycles. The molecule has 0 saturated carbocycles. The van der Waals surface area contributed by atoms with E-state index < -0.39 is 6.98 Å². The van der Waals surface area contributed by atoms with E-state index in [1.54, 1.807) is 6.33 Å². The Morgan fingerprint density at radius 1 is 0.452 bits per heavy atom. The third-order valence-corrected chi connectivity index (χ3v) is 13.6. The van der Waals surface area contributed by atoms with Gasteiger partial charge < -0.3 is 9.47 Å². The van der Waals surface area contributed by atoms with Crippen LogP contribution in [0.4, 0.5) is 17.1 Å². The normalized spacial score (nSPS) is 12.0. The number of rotatable bonds is 10. The number of aromatic nitrogens is 4. The summed E-state index contributed by atoms with van der Waals surface area (Å²) in [6.07, 6.45) is 3.57. The van der Waals surface area contributed by atoms with Crippen LogP contribution in [0.2, 0.25) is 0 Å². The molecule has 10 aromatic carbocycles. The summed E-state index contributed by atoms with van der Waals surface area (Å²) in [6, 6.07) is 93.8. The number of nitrogens with zero attached hydrogens (tertiary/aromatic N) is 5. The standard InChI is InChI=1S/C67H46N5.Pt/c1-69-46-70(63-38-17-16-37-62(63)69)52-29-18-30-53(44-52)71(67-57(49-25-10-4-11-26-49)34-20-35-58(67)50-27-12-5-13-28-50)54-39-40-60-59-31-14-15-36-61(59)72(64(60)45-54)65-43-51(41-42-68-65)66-55(47-21-6-2-7-22-47)32-19-33-56(66)48-23-8-3-9-24-48;/h2-43,46H,1H3;/q-1;/i1D3;. The van der Waals surface area contributed by atoms with Crippen molar-refractivity contribution >= 4 is 49.9 Å². The molecule has 6 heteroatoms. The van der Waals surface area contributed by atoms with E-state index in [1.165, 1.54) is 4.57 Å². The van der Waals surface area contributed by atoms with Gasteiger partial charge in [-0.25, -0.2) is 14.1 Å². The van der Waals surface area contributed by atoms with Crippen molar-refractivity contribution < 1.29 is 25.2 Å². The average Bonchev–Trinajstić information content (AvgIpc) is 4.04. The van der Waals surface area contributed by atoms with Crippen LogP contribution in [-0.2, 0) is 28.0 Å². The van der Waals surface area contributed by atoms with Crippen molar-refractivity contribution in [3.05, 3.63) is 273 Å². The van der Waals surface area contributed by atoms with Crippen LogP contribution in [0.3, 0.4) is 0 Å². The summed E-state index contributed by atoms with van der Waals surface area (Å²) in [5, 5.41) is 2.11. The number of fused-ring (bicyclic) bond motifs is 4. The number of imidazole rings is 1. The van der Waals surface area contributed by atoms with Gasteiger partial charge in [-0.2, -0.15) is 12.1 Å². The third kappa shape index (κ3) is 8.14. The number of hydrogen-bond acceptors (Lipinski definition) is 2. The Hall–Kier alpha value is -8.89. The molecule has 0 unspecified atom stereocenters. The summed E-state index contributed by atoms with van der Waals surface area (Å²) in [4.78, 5) is 7.43. The van der Waals surface area contributed by atoms with E-state index in [0.717, 1.165) is 106 Å². The molecule has 0 aliphatic heterocycles. The maximum atomic E-state index is 8.46. The number of hydrogen-bond donors (Lipinski definition) is 0. The summed E-state index contributed by atoms with van der Waals surface area (Å²) in [6.45, 7) is -2.40. The number of anilines is 3. The second-order valence-corrected chi connectivity index (χ2v) is 17.9. The summed E-state index contributed by atoms with van der Waals surface area (Å²) in [7, 11) is 0. The largest absolute Gasteiger partial charge is 0.357 e. The van der Waals surface area contributed by atoms with Crippen LogP contribution in [0.15, 0.2) is 261 Å². The first-order valence-corrected chi connectivity index (χ1v) is 24.1. The minimum Gasteiger partial charge on any atom is -0.357 e. The molecule has 3 heterocycles. The number of pyridine rings is 1. The fourth-order valence-corrected chi connectivity index (χ4v) is 10.4. The van der Waals surface area contributed by atoms with Gasteiger partial charge in [-0.1, -0.05) is 199 Å². The smallest absolute Gasteiger partial charge is 0.188 e. The molecule has 5 nitrogen and oxygen atoms in total. The van der Waals surface area contributed by atoms with Crippen molar-refractivity contribution in [1.29, 1.82) is 0 Å². The van der Waals surface area contributed by atoms with Gasteiger partial charge in [0.2, 0.25) is 0 Å². The van der Waals surface area contributed by atoms with E-state index in [1.807, 2.05) is 59.3 Å². The second kappa shape index (κ2) is 19.4. The number of aryl methyl sites for hydroxylation is 1. The zero-order chi connectivity index (χ0) is 50.5. The van der Waals surface area contributed by atoms with Gasteiger partial charge in [-0.05, 0) is 80.2 Å². The van der Waals surface area contributed by atoms with E-state index in [9.17, 15) is 0 Å². The van der Waals surface area contributed by atoms with Crippen molar-refractivity contribution in [2.24, 2.45) is 6.98 Å². The molecule has 0 atom stereocenters. The first-order chi connectivity index (χ1) is 36.9. The quantitative estimate of drug-likeness (QED) is 0.128. The molecule has 73 heavy (non-hydrogen) atoms. The maximum absolute atomic E-state index is 8.46. The first kappa shape index (κ1) is 41.8. The monoisotopic (exact) mass is 1120 g/mol. The predicted molar refractivity (Wildman–Crippen MR) is 298 cm³/mol. The number of benzene rings is 10. The number of para-hydroxylation sites is 4. The molecule has 0 aliphatic rings. The molecular weight excluding hydrogens is 1070 g/mol.